The molecule has 0 radical (unpaired) electrons. The van der Waals surface area contributed by atoms with Gasteiger partial charge in [-0.3, -0.25) is 10.1 Å². The van der Waals surface area contributed by atoms with Gasteiger partial charge in [-0.2, -0.15) is 0 Å². The van der Waals surface area contributed by atoms with Crippen LogP contribution in [0.1, 0.15) is 11.6 Å². The van der Waals surface area contributed by atoms with Gasteiger partial charge in [0, 0.05) is 17.7 Å². The summed E-state index contributed by atoms with van der Waals surface area (Å²) < 4.78 is 4.99. The highest BCUT2D eigenvalue weighted by molar-refractivity contribution is 5.45. The summed E-state index contributed by atoms with van der Waals surface area (Å²) in [6.45, 7) is -0.294. The summed E-state index contributed by atoms with van der Waals surface area (Å²) in [6.07, 6.45) is 0. The van der Waals surface area contributed by atoms with Crippen LogP contribution in [0, 0.1) is 10.1 Å². The first-order valence-corrected chi connectivity index (χ1v) is 4.29. The van der Waals surface area contributed by atoms with Crippen LogP contribution >= 0.6 is 0 Å². The van der Waals surface area contributed by atoms with E-state index in [-0.39, 0.29) is 12.3 Å². The summed E-state index contributed by atoms with van der Waals surface area (Å²) in [5.74, 6) is 0.433. The quantitative estimate of drug-likeness (QED) is 0.562. The number of hydrogen-bond donors (Lipinski definition) is 2. The molecular formula is C9H12N2O4. The fraction of sp³-hybridized carbons (Fsp3) is 0.333. The number of nitro groups is 1. The van der Waals surface area contributed by atoms with E-state index in [1.165, 1.54) is 25.3 Å². The third-order valence-electron chi connectivity index (χ3n) is 2.02. The first-order valence-electron chi connectivity index (χ1n) is 4.29. The molecule has 6 heteroatoms. The Kier molecular flexibility index (Phi) is 3.59. The molecule has 1 aromatic carbocycles. The molecule has 3 N–H and O–H groups in total. The van der Waals surface area contributed by atoms with Gasteiger partial charge in [-0.25, -0.2) is 0 Å². The zero-order valence-corrected chi connectivity index (χ0v) is 8.21. The smallest absolute Gasteiger partial charge is 0.270 e. The molecule has 15 heavy (non-hydrogen) atoms. The van der Waals surface area contributed by atoms with Gasteiger partial charge in [0.1, 0.15) is 5.75 Å². The normalized spacial score (nSPS) is 12.2. The third kappa shape index (κ3) is 2.42. The van der Waals surface area contributed by atoms with Gasteiger partial charge in [0.15, 0.2) is 0 Å². The lowest BCUT2D eigenvalue weighted by Crippen LogP contribution is -2.15. The molecule has 0 saturated carbocycles. The van der Waals surface area contributed by atoms with Gasteiger partial charge >= 0.3 is 0 Å². The predicted octanol–water partition coefficient (Wildman–Crippen LogP) is 0.595. The Morgan fingerprint density at radius 3 is 2.80 bits per heavy atom. The van der Waals surface area contributed by atoms with Crippen LogP contribution in [0.3, 0.4) is 0 Å². The number of aliphatic hydroxyl groups excluding tert-OH is 1. The maximum absolute atomic E-state index is 10.5. The van der Waals surface area contributed by atoms with Crippen molar-refractivity contribution in [2.75, 3.05) is 13.7 Å². The van der Waals surface area contributed by atoms with Crippen LogP contribution in [-0.2, 0) is 0 Å². The molecule has 6 nitrogen and oxygen atoms in total. The minimum atomic E-state index is -0.681. The van der Waals surface area contributed by atoms with Crippen molar-refractivity contribution >= 4 is 5.69 Å². The molecule has 0 amide bonds. The van der Waals surface area contributed by atoms with Gasteiger partial charge in [0.05, 0.1) is 24.7 Å². The molecule has 0 spiro atoms. The van der Waals surface area contributed by atoms with Crippen LogP contribution in [-0.4, -0.2) is 23.7 Å². The molecule has 0 unspecified atom stereocenters. The second kappa shape index (κ2) is 4.72. The summed E-state index contributed by atoms with van der Waals surface area (Å²) in [7, 11) is 1.44. The number of benzene rings is 1. The van der Waals surface area contributed by atoms with Crippen LogP contribution in [0.5, 0.6) is 5.75 Å². The number of ether oxygens (including phenoxy) is 1. The molecule has 0 aliphatic heterocycles. The lowest BCUT2D eigenvalue weighted by molar-refractivity contribution is -0.385. The van der Waals surface area contributed by atoms with E-state index in [9.17, 15) is 10.1 Å². The molecule has 0 aromatic heterocycles. The average Bonchev–Trinajstić information content (AvgIpc) is 2.27. The predicted molar refractivity (Wildman–Crippen MR) is 53.7 cm³/mol. The number of nitrogens with two attached hydrogens (primary N) is 1. The fourth-order valence-corrected chi connectivity index (χ4v) is 1.22. The highest BCUT2D eigenvalue weighted by Gasteiger charge is 2.15. The molecule has 0 heterocycles. The van der Waals surface area contributed by atoms with Crippen molar-refractivity contribution in [3.05, 3.63) is 33.9 Å². The zero-order chi connectivity index (χ0) is 11.4. The third-order valence-corrected chi connectivity index (χ3v) is 2.02. The monoisotopic (exact) mass is 212 g/mol. The Balaban J connectivity index is 3.18. The number of nitro benzene ring substituents is 1. The minimum absolute atomic E-state index is 0.0744. The van der Waals surface area contributed by atoms with Crippen molar-refractivity contribution in [3.63, 3.8) is 0 Å². The van der Waals surface area contributed by atoms with Gasteiger partial charge in [0.2, 0.25) is 0 Å². The number of aliphatic hydroxyl groups is 1. The Hall–Kier alpha value is -1.66. The van der Waals surface area contributed by atoms with E-state index in [0.717, 1.165) is 0 Å². The van der Waals surface area contributed by atoms with E-state index in [2.05, 4.69) is 0 Å². The van der Waals surface area contributed by atoms with Crippen LogP contribution in [0.25, 0.3) is 0 Å². The summed E-state index contributed by atoms with van der Waals surface area (Å²) in [4.78, 5) is 10.0. The largest absolute Gasteiger partial charge is 0.496 e. The molecule has 1 atom stereocenters. The fourth-order valence-electron chi connectivity index (χ4n) is 1.22. The molecule has 1 rings (SSSR count). The highest BCUT2D eigenvalue weighted by atomic mass is 16.6. The molecule has 0 saturated heterocycles. The first-order chi connectivity index (χ1) is 7.10. The van der Waals surface area contributed by atoms with Crippen molar-refractivity contribution in [3.8, 4) is 5.75 Å². The average molecular weight is 212 g/mol. The number of non-ortho nitro benzene ring substituents is 1. The van der Waals surface area contributed by atoms with Crippen LogP contribution in [0.4, 0.5) is 5.69 Å². The SMILES string of the molecule is COc1ccc([N+](=O)[O-])cc1[C@H](N)CO. The molecular weight excluding hydrogens is 200 g/mol. The van der Waals surface area contributed by atoms with Crippen molar-refractivity contribution in [1.29, 1.82) is 0 Å². The standard InChI is InChI=1S/C9H12N2O4/c1-15-9-3-2-6(11(13)14)4-7(9)8(10)5-12/h2-4,8,12H,5,10H2,1H3/t8-/m1/s1. The summed E-state index contributed by atoms with van der Waals surface area (Å²) >= 11 is 0. The lowest BCUT2D eigenvalue weighted by Gasteiger charge is -2.12. The number of nitrogens with zero attached hydrogens (tertiary/aromatic N) is 1. The van der Waals surface area contributed by atoms with E-state index in [1.807, 2.05) is 0 Å². The minimum Gasteiger partial charge on any atom is -0.496 e. The van der Waals surface area contributed by atoms with Crippen molar-refractivity contribution < 1.29 is 14.8 Å². The topological polar surface area (TPSA) is 98.6 Å². The second-order valence-electron chi connectivity index (χ2n) is 2.97. The Labute approximate surface area is 86.4 Å². The van der Waals surface area contributed by atoms with Crippen LogP contribution < -0.4 is 10.5 Å². The molecule has 0 bridgehead atoms. The maximum Gasteiger partial charge on any atom is 0.270 e. The lowest BCUT2D eigenvalue weighted by atomic mass is 10.1. The summed E-state index contributed by atoms with van der Waals surface area (Å²) in [5.41, 5.74) is 5.94. The molecule has 0 aliphatic carbocycles. The molecule has 82 valence electrons. The van der Waals surface area contributed by atoms with Gasteiger partial charge in [0.25, 0.3) is 5.69 Å². The summed E-state index contributed by atoms with van der Waals surface area (Å²) in [5, 5.41) is 19.4. The number of methoxy groups -OCH3 is 1. The molecule has 1 aromatic rings. The Morgan fingerprint density at radius 1 is 1.67 bits per heavy atom. The first kappa shape index (κ1) is 11.4. The summed E-state index contributed by atoms with van der Waals surface area (Å²) in [6, 6.07) is 3.41. The number of hydrogen-bond acceptors (Lipinski definition) is 5. The van der Waals surface area contributed by atoms with E-state index in [4.69, 9.17) is 15.6 Å². The van der Waals surface area contributed by atoms with Crippen LogP contribution in [0.15, 0.2) is 18.2 Å². The van der Waals surface area contributed by atoms with Crippen LogP contribution in [0.2, 0.25) is 0 Å². The van der Waals surface area contributed by atoms with E-state index in [1.54, 1.807) is 0 Å². The molecule has 0 fully saturated rings. The van der Waals surface area contributed by atoms with Gasteiger partial charge in [-0.05, 0) is 6.07 Å². The van der Waals surface area contributed by atoms with Gasteiger partial charge < -0.3 is 15.6 Å². The van der Waals surface area contributed by atoms with E-state index in [0.29, 0.717) is 11.3 Å². The van der Waals surface area contributed by atoms with Gasteiger partial charge in [-0.1, -0.05) is 0 Å². The van der Waals surface area contributed by atoms with Crippen molar-refractivity contribution in [1.82, 2.24) is 0 Å². The Morgan fingerprint density at radius 2 is 2.33 bits per heavy atom. The number of rotatable bonds is 4. The zero-order valence-electron chi connectivity index (χ0n) is 8.21. The second-order valence-corrected chi connectivity index (χ2v) is 2.97. The van der Waals surface area contributed by atoms with Crippen molar-refractivity contribution in [2.45, 2.75) is 6.04 Å². The van der Waals surface area contributed by atoms with E-state index < -0.39 is 11.0 Å². The highest BCUT2D eigenvalue weighted by Crippen LogP contribution is 2.27. The van der Waals surface area contributed by atoms with E-state index >= 15 is 0 Å². The molecule has 0 aliphatic rings. The Bertz CT molecular complexity index is 367. The van der Waals surface area contributed by atoms with Gasteiger partial charge in [-0.15, -0.1) is 0 Å². The maximum atomic E-state index is 10.5. The van der Waals surface area contributed by atoms with Crippen molar-refractivity contribution in [2.24, 2.45) is 5.73 Å².